The summed E-state index contributed by atoms with van der Waals surface area (Å²) in [6, 6.07) is 4.52. The van der Waals surface area contributed by atoms with E-state index in [1.165, 1.54) is 5.56 Å². The zero-order chi connectivity index (χ0) is 12.1. The monoisotopic (exact) mass is 235 g/mol. The molecule has 1 unspecified atom stereocenters. The van der Waals surface area contributed by atoms with Crippen molar-refractivity contribution in [3.05, 3.63) is 23.9 Å². The van der Waals surface area contributed by atoms with Gasteiger partial charge in [-0.15, -0.1) is 0 Å². The largest absolute Gasteiger partial charge is 0.379 e. The van der Waals surface area contributed by atoms with Crippen molar-refractivity contribution >= 4 is 5.82 Å². The molecule has 4 nitrogen and oxygen atoms in total. The van der Waals surface area contributed by atoms with Gasteiger partial charge in [0.2, 0.25) is 0 Å². The molecule has 0 aromatic carbocycles. The van der Waals surface area contributed by atoms with Gasteiger partial charge in [-0.05, 0) is 25.5 Å². The number of morpholine rings is 1. The van der Waals surface area contributed by atoms with Gasteiger partial charge < -0.3 is 10.1 Å². The molecule has 0 bridgehead atoms. The van der Waals surface area contributed by atoms with Gasteiger partial charge >= 0.3 is 0 Å². The fourth-order valence-corrected chi connectivity index (χ4v) is 2.02. The van der Waals surface area contributed by atoms with Gasteiger partial charge in [-0.3, -0.25) is 4.90 Å². The number of hydrogen-bond acceptors (Lipinski definition) is 4. The Hall–Kier alpha value is -1.13. The zero-order valence-corrected chi connectivity index (χ0v) is 10.6. The molecule has 0 amide bonds. The highest BCUT2D eigenvalue weighted by molar-refractivity contribution is 5.36. The van der Waals surface area contributed by atoms with Gasteiger partial charge in [-0.1, -0.05) is 6.07 Å². The molecule has 4 heteroatoms. The molecule has 0 saturated carbocycles. The van der Waals surface area contributed by atoms with Crippen molar-refractivity contribution in [1.82, 2.24) is 9.88 Å². The van der Waals surface area contributed by atoms with Crippen molar-refractivity contribution < 1.29 is 4.74 Å². The Morgan fingerprint density at radius 1 is 1.41 bits per heavy atom. The van der Waals surface area contributed by atoms with E-state index in [-0.39, 0.29) is 0 Å². The van der Waals surface area contributed by atoms with Crippen LogP contribution in [0.1, 0.15) is 12.5 Å². The predicted molar refractivity (Wildman–Crippen MR) is 69.3 cm³/mol. The topological polar surface area (TPSA) is 37.4 Å². The molecule has 0 radical (unpaired) electrons. The first kappa shape index (κ1) is 12.3. The van der Waals surface area contributed by atoms with E-state index in [2.05, 4.69) is 28.2 Å². The van der Waals surface area contributed by atoms with Crippen LogP contribution >= 0.6 is 0 Å². The molecule has 1 saturated heterocycles. The van der Waals surface area contributed by atoms with Crippen LogP contribution in [0.15, 0.2) is 18.3 Å². The number of aromatic nitrogens is 1. The maximum atomic E-state index is 5.34. The summed E-state index contributed by atoms with van der Waals surface area (Å²) >= 11 is 0. The summed E-state index contributed by atoms with van der Waals surface area (Å²) in [7, 11) is 0. The lowest BCUT2D eigenvalue weighted by molar-refractivity contribution is 0.0368. The first-order valence-electron chi connectivity index (χ1n) is 6.23. The molecule has 1 fully saturated rings. The minimum Gasteiger partial charge on any atom is -0.379 e. The molecule has 94 valence electrons. The van der Waals surface area contributed by atoms with Crippen LogP contribution in [0.2, 0.25) is 0 Å². The van der Waals surface area contributed by atoms with E-state index < -0.39 is 0 Å². The van der Waals surface area contributed by atoms with Crippen LogP contribution in [0.3, 0.4) is 0 Å². The van der Waals surface area contributed by atoms with E-state index in [0.29, 0.717) is 6.04 Å². The first-order chi connectivity index (χ1) is 8.24. The maximum Gasteiger partial charge on any atom is 0.126 e. The minimum absolute atomic E-state index is 0.406. The Balaban J connectivity index is 1.79. The number of aryl methyl sites for hydroxylation is 1. The summed E-state index contributed by atoms with van der Waals surface area (Å²) in [6.45, 7) is 9.07. The molecule has 1 aromatic heterocycles. The third kappa shape index (κ3) is 3.98. The number of hydrogen-bond donors (Lipinski definition) is 1. The highest BCUT2D eigenvalue weighted by Gasteiger charge is 2.13. The second-order valence-corrected chi connectivity index (χ2v) is 4.68. The molecule has 0 aliphatic carbocycles. The highest BCUT2D eigenvalue weighted by atomic mass is 16.5. The standard InChI is InChI=1S/C13H21N3O/c1-11-3-4-13(14-9-11)15-12(2)10-16-5-7-17-8-6-16/h3-4,9,12H,5-8,10H2,1-2H3,(H,14,15). The summed E-state index contributed by atoms with van der Waals surface area (Å²) in [5.74, 6) is 0.955. The third-order valence-electron chi connectivity index (χ3n) is 2.94. The summed E-state index contributed by atoms with van der Waals surface area (Å²) < 4.78 is 5.34. The molecule has 17 heavy (non-hydrogen) atoms. The summed E-state index contributed by atoms with van der Waals surface area (Å²) in [5, 5.41) is 3.42. The smallest absolute Gasteiger partial charge is 0.126 e. The van der Waals surface area contributed by atoms with Gasteiger partial charge in [0, 0.05) is 31.9 Å². The molecule has 1 atom stereocenters. The summed E-state index contributed by atoms with van der Waals surface area (Å²) in [6.07, 6.45) is 1.89. The average Bonchev–Trinajstić information content (AvgIpc) is 2.33. The molecule has 1 N–H and O–H groups in total. The maximum absolute atomic E-state index is 5.34. The van der Waals surface area contributed by atoms with Crippen molar-refractivity contribution in [2.24, 2.45) is 0 Å². The number of nitrogens with zero attached hydrogens (tertiary/aromatic N) is 2. The minimum atomic E-state index is 0.406. The van der Waals surface area contributed by atoms with E-state index in [0.717, 1.165) is 38.7 Å². The first-order valence-corrected chi connectivity index (χ1v) is 6.23. The lowest BCUT2D eigenvalue weighted by Gasteiger charge is -2.29. The number of anilines is 1. The molecule has 0 spiro atoms. The summed E-state index contributed by atoms with van der Waals surface area (Å²) in [4.78, 5) is 6.78. The van der Waals surface area contributed by atoms with E-state index in [9.17, 15) is 0 Å². The van der Waals surface area contributed by atoms with Crippen molar-refractivity contribution in [3.8, 4) is 0 Å². The Bertz CT molecular complexity index is 333. The van der Waals surface area contributed by atoms with Crippen molar-refractivity contribution in [1.29, 1.82) is 0 Å². The average molecular weight is 235 g/mol. The Kier molecular flexibility index (Phi) is 4.34. The number of nitrogens with one attached hydrogen (secondary N) is 1. The highest BCUT2D eigenvalue weighted by Crippen LogP contribution is 2.07. The Morgan fingerprint density at radius 3 is 2.82 bits per heavy atom. The lowest BCUT2D eigenvalue weighted by atomic mass is 10.2. The van der Waals surface area contributed by atoms with Gasteiger partial charge in [0.1, 0.15) is 5.82 Å². The second-order valence-electron chi connectivity index (χ2n) is 4.68. The SMILES string of the molecule is Cc1ccc(NC(C)CN2CCOCC2)nc1. The van der Waals surface area contributed by atoms with E-state index in [4.69, 9.17) is 4.74 Å². The van der Waals surface area contributed by atoms with Crippen LogP contribution in [0.25, 0.3) is 0 Å². The van der Waals surface area contributed by atoms with Crippen LogP contribution in [0.5, 0.6) is 0 Å². The second kappa shape index (κ2) is 5.98. The summed E-state index contributed by atoms with van der Waals surface area (Å²) in [5.41, 5.74) is 1.19. The van der Waals surface area contributed by atoms with Crippen LogP contribution in [0, 0.1) is 6.92 Å². The normalized spacial score (nSPS) is 18.9. The molecular weight excluding hydrogens is 214 g/mol. The van der Waals surface area contributed by atoms with Gasteiger partial charge in [0.15, 0.2) is 0 Å². The fourth-order valence-electron chi connectivity index (χ4n) is 2.02. The number of pyridine rings is 1. The van der Waals surface area contributed by atoms with Gasteiger partial charge in [-0.2, -0.15) is 0 Å². The fraction of sp³-hybridized carbons (Fsp3) is 0.615. The van der Waals surface area contributed by atoms with Crippen molar-refractivity contribution in [2.45, 2.75) is 19.9 Å². The molecule has 1 aliphatic heterocycles. The zero-order valence-electron chi connectivity index (χ0n) is 10.6. The van der Waals surface area contributed by atoms with Gasteiger partial charge in [0.05, 0.1) is 13.2 Å². The van der Waals surface area contributed by atoms with Crippen LogP contribution in [0.4, 0.5) is 5.82 Å². The van der Waals surface area contributed by atoms with Crippen LogP contribution < -0.4 is 5.32 Å². The molecule has 1 aromatic rings. The molecule has 2 heterocycles. The number of rotatable bonds is 4. The third-order valence-corrected chi connectivity index (χ3v) is 2.94. The molecule has 2 rings (SSSR count). The predicted octanol–water partition coefficient (Wildman–Crippen LogP) is 1.52. The van der Waals surface area contributed by atoms with E-state index in [1.807, 2.05) is 19.2 Å². The Morgan fingerprint density at radius 2 is 2.18 bits per heavy atom. The van der Waals surface area contributed by atoms with E-state index in [1.54, 1.807) is 0 Å². The number of ether oxygens (including phenoxy) is 1. The van der Waals surface area contributed by atoms with Gasteiger partial charge in [0.25, 0.3) is 0 Å². The van der Waals surface area contributed by atoms with Crippen LogP contribution in [-0.4, -0.2) is 48.8 Å². The Labute approximate surface area is 103 Å². The van der Waals surface area contributed by atoms with Crippen molar-refractivity contribution in [3.63, 3.8) is 0 Å². The quantitative estimate of drug-likeness (QED) is 0.858. The lowest BCUT2D eigenvalue weighted by Crippen LogP contribution is -2.42. The van der Waals surface area contributed by atoms with Crippen molar-refractivity contribution in [2.75, 3.05) is 38.2 Å². The van der Waals surface area contributed by atoms with Gasteiger partial charge in [-0.25, -0.2) is 4.98 Å². The van der Waals surface area contributed by atoms with Crippen LogP contribution in [-0.2, 0) is 4.74 Å². The van der Waals surface area contributed by atoms with E-state index >= 15 is 0 Å². The molecule has 1 aliphatic rings. The molecular formula is C13H21N3O.